The highest BCUT2D eigenvalue weighted by Crippen LogP contribution is 2.34. The number of thioether (sulfide) groups is 1. The first-order chi connectivity index (χ1) is 12.0. The maximum atomic E-state index is 6.00. The summed E-state index contributed by atoms with van der Waals surface area (Å²) in [6.07, 6.45) is 0.808. The van der Waals surface area contributed by atoms with Crippen LogP contribution >= 0.6 is 11.8 Å². The molecule has 2 heterocycles. The van der Waals surface area contributed by atoms with Crippen molar-refractivity contribution in [1.29, 1.82) is 0 Å². The lowest BCUT2D eigenvalue weighted by molar-refractivity contribution is -0.0428. The minimum Gasteiger partial charge on any atom is -0.381 e. The van der Waals surface area contributed by atoms with Gasteiger partial charge in [-0.15, -0.1) is 11.8 Å². The minimum atomic E-state index is -0.182. The summed E-state index contributed by atoms with van der Waals surface area (Å²) >= 11 is 1.73. The Bertz CT molecular complexity index is 746. The van der Waals surface area contributed by atoms with E-state index < -0.39 is 0 Å². The van der Waals surface area contributed by atoms with Crippen LogP contribution < -0.4 is 0 Å². The Hall–Kier alpha value is -1.43. The zero-order valence-electron chi connectivity index (χ0n) is 15.5. The molecule has 1 aromatic carbocycles. The maximum absolute atomic E-state index is 6.00. The number of aromatic nitrogens is 2. The predicted octanol–water partition coefficient (Wildman–Crippen LogP) is 4.43. The molecule has 1 aromatic heterocycles. The highest BCUT2D eigenvalue weighted by Gasteiger charge is 2.30. The molecule has 4 nitrogen and oxygen atoms in total. The van der Waals surface area contributed by atoms with Gasteiger partial charge in [-0.25, -0.2) is 9.97 Å². The summed E-state index contributed by atoms with van der Waals surface area (Å²) in [6.45, 7) is 10.4. The summed E-state index contributed by atoms with van der Waals surface area (Å²) in [4.78, 5) is 9.75. The molecule has 25 heavy (non-hydrogen) atoms. The van der Waals surface area contributed by atoms with Gasteiger partial charge >= 0.3 is 0 Å². The van der Waals surface area contributed by atoms with Crippen LogP contribution in [-0.2, 0) is 22.5 Å². The van der Waals surface area contributed by atoms with Crippen LogP contribution in [0.2, 0.25) is 0 Å². The maximum Gasteiger partial charge on any atom is 0.160 e. The van der Waals surface area contributed by atoms with Gasteiger partial charge < -0.3 is 9.47 Å². The molecule has 0 atom stereocenters. The summed E-state index contributed by atoms with van der Waals surface area (Å²) in [5.41, 5.74) is 4.35. The highest BCUT2D eigenvalue weighted by molar-refractivity contribution is 7.99. The Balaban J connectivity index is 1.96. The van der Waals surface area contributed by atoms with Crippen LogP contribution in [0.4, 0.5) is 0 Å². The number of rotatable bonds is 6. The fourth-order valence-corrected chi connectivity index (χ4v) is 3.79. The third kappa shape index (κ3) is 4.60. The molecule has 5 heteroatoms. The number of hydrogen-bond donors (Lipinski definition) is 0. The lowest BCUT2D eigenvalue weighted by atomic mass is 9.96. The van der Waals surface area contributed by atoms with Gasteiger partial charge in [0, 0.05) is 29.9 Å². The van der Waals surface area contributed by atoms with Gasteiger partial charge in [-0.1, -0.05) is 23.8 Å². The number of fused-ring (bicyclic) bond motifs is 1. The van der Waals surface area contributed by atoms with Crippen molar-refractivity contribution < 1.29 is 9.47 Å². The molecule has 3 rings (SSSR count). The van der Waals surface area contributed by atoms with Crippen molar-refractivity contribution in [1.82, 2.24) is 9.97 Å². The van der Waals surface area contributed by atoms with E-state index in [1.54, 1.807) is 11.8 Å². The van der Waals surface area contributed by atoms with Gasteiger partial charge in [-0.05, 0) is 33.8 Å². The van der Waals surface area contributed by atoms with Crippen LogP contribution in [0.3, 0.4) is 0 Å². The number of aryl methyl sites for hydroxylation is 1. The third-order valence-corrected chi connectivity index (χ3v) is 5.18. The molecule has 0 saturated heterocycles. The number of benzene rings is 1. The van der Waals surface area contributed by atoms with Crippen molar-refractivity contribution in [2.45, 2.75) is 51.3 Å². The first-order valence-electron chi connectivity index (χ1n) is 8.80. The van der Waals surface area contributed by atoms with Gasteiger partial charge in [-0.2, -0.15) is 0 Å². The molecule has 0 bridgehead atoms. The van der Waals surface area contributed by atoms with Gasteiger partial charge in [0.1, 0.15) is 5.03 Å². The van der Waals surface area contributed by atoms with E-state index in [0.717, 1.165) is 53.1 Å². The van der Waals surface area contributed by atoms with E-state index in [-0.39, 0.29) is 5.60 Å². The van der Waals surface area contributed by atoms with Gasteiger partial charge in [0.15, 0.2) is 5.82 Å². The van der Waals surface area contributed by atoms with Crippen LogP contribution in [-0.4, -0.2) is 34.5 Å². The second-order valence-electron chi connectivity index (χ2n) is 6.92. The molecule has 0 aliphatic carbocycles. The highest BCUT2D eigenvalue weighted by atomic mass is 32.2. The lowest BCUT2D eigenvalue weighted by Crippen LogP contribution is -2.33. The van der Waals surface area contributed by atoms with Crippen LogP contribution in [0.1, 0.15) is 37.6 Å². The average Bonchev–Trinajstić information content (AvgIpc) is 2.57. The Kier molecular flexibility index (Phi) is 5.77. The van der Waals surface area contributed by atoms with Gasteiger partial charge in [0.25, 0.3) is 0 Å². The molecular weight excluding hydrogens is 332 g/mol. The molecule has 0 fully saturated rings. The van der Waals surface area contributed by atoms with Crippen molar-refractivity contribution in [2.24, 2.45) is 0 Å². The first-order valence-corrected chi connectivity index (χ1v) is 9.78. The predicted molar refractivity (Wildman–Crippen MR) is 102 cm³/mol. The van der Waals surface area contributed by atoms with Crippen molar-refractivity contribution in [2.75, 3.05) is 19.0 Å². The zero-order valence-corrected chi connectivity index (χ0v) is 16.3. The molecule has 1 aliphatic heterocycles. The van der Waals surface area contributed by atoms with E-state index in [1.807, 2.05) is 6.92 Å². The molecular formula is C20H26N2O2S. The fourth-order valence-electron chi connectivity index (χ4n) is 2.89. The molecule has 0 radical (unpaired) electrons. The number of hydrogen-bond acceptors (Lipinski definition) is 5. The van der Waals surface area contributed by atoms with Crippen molar-refractivity contribution in [3.63, 3.8) is 0 Å². The summed E-state index contributed by atoms with van der Waals surface area (Å²) < 4.78 is 11.5. The molecule has 0 unspecified atom stereocenters. The summed E-state index contributed by atoms with van der Waals surface area (Å²) in [5.74, 6) is 1.69. The van der Waals surface area contributed by atoms with Gasteiger partial charge in [0.2, 0.25) is 0 Å². The molecule has 0 N–H and O–H groups in total. The number of ether oxygens (including phenoxy) is 2. The van der Waals surface area contributed by atoms with Crippen molar-refractivity contribution in [3.8, 4) is 11.4 Å². The Morgan fingerprint density at radius 3 is 2.88 bits per heavy atom. The van der Waals surface area contributed by atoms with E-state index in [0.29, 0.717) is 6.61 Å². The van der Waals surface area contributed by atoms with Gasteiger partial charge in [0.05, 0.1) is 24.5 Å². The summed E-state index contributed by atoms with van der Waals surface area (Å²) in [6, 6.07) is 8.37. The van der Waals surface area contributed by atoms with E-state index >= 15 is 0 Å². The average molecular weight is 359 g/mol. The second kappa shape index (κ2) is 7.85. The van der Waals surface area contributed by atoms with Crippen LogP contribution in [0, 0.1) is 6.92 Å². The van der Waals surface area contributed by atoms with Crippen LogP contribution in [0.25, 0.3) is 11.4 Å². The monoisotopic (exact) mass is 358 g/mol. The van der Waals surface area contributed by atoms with Crippen LogP contribution in [0.5, 0.6) is 0 Å². The smallest absolute Gasteiger partial charge is 0.160 e. The zero-order chi connectivity index (χ0) is 17.9. The molecule has 1 aliphatic rings. The Morgan fingerprint density at radius 1 is 1.28 bits per heavy atom. The van der Waals surface area contributed by atoms with Gasteiger partial charge in [-0.3, -0.25) is 0 Å². The summed E-state index contributed by atoms with van der Waals surface area (Å²) in [7, 11) is 0. The standard InChI is InChI=1S/C20H26N2O2S/c1-5-23-9-10-25-19-16-13-24-20(3,4)12-17(16)21-18(22-19)15-8-6-7-14(2)11-15/h6-8,11H,5,9-10,12-13H2,1-4H3. The normalized spacial score (nSPS) is 15.8. The van der Waals surface area contributed by atoms with E-state index in [1.165, 1.54) is 5.56 Å². The second-order valence-corrected chi connectivity index (χ2v) is 8.00. The molecule has 0 amide bonds. The molecule has 0 spiro atoms. The SMILES string of the molecule is CCOCCSc1nc(-c2cccc(C)c2)nc2c1COC(C)(C)C2. The van der Waals surface area contributed by atoms with E-state index in [9.17, 15) is 0 Å². The first kappa shape index (κ1) is 18.4. The topological polar surface area (TPSA) is 44.2 Å². The van der Waals surface area contributed by atoms with Crippen LogP contribution in [0.15, 0.2) is 29.3 Å². The third-order valence-electron chi connectivity index (χ3n) is 4.20. The fraction of sp³-hybridized carbons (Fsp3) is 0.500. The largest absolute Gasteiger partial charge is 0.381 e. The number of nitrogens with zero attached hydrogens (tertiary/aromatic N) is 2. The Labute approximate surface area is 154 Å². The van der Waals surface area contributed by atoms with Crippen molar-refractivity contribution in [3.05, 3.63) is 41.1 Å². The molecule has 2 aromatic rings. The molecule has 0 saturated carbocycles. The Morgan fingerprint density at radius 2 is 2.12 bits per heavy atom. The quantitative estimate of drug-likeness (QED) is 0.434. The lowest BCUT2D eigenvalue weighted by Gasteiger charge is -2.32. The van der Waals surface area contributed by atoms with E-state index in [2.05, 4.69) is 45.0 Å². The minimum absolute atomic E-state index is 0.182. The summed E-state index contributed by atoms with van der Waals surface area (Å²) in [5, 5.41) is 1.02. The van der Waals surface area contributed by atoms with E-state index in [4.69, 9.17) is 19.4 Å². The molecule has 134 valence electrons. The van der Waals surface area contributed by atoms with Crippen molar-refractivity contribution >= 4 is 11.8 Å².